The number of furan rings is 1. The van der Waals surface area contributed by atoms with Gasteiger partial charge >= 0.3 is 0 Å². The van der Waals surface area contributed by atoms with E-state index in [1.807, 2.05) is 19.1 Å². The molecule has 1 heterocycles. The summed E-state index contributed by atoms with van der Waals surface area (Å²) in [7, 11) is 0. The normalized spacial score (nSPS) is 13.8. The largest absolute Gasteiger partial charge is 0.459 e. The fourth-order valence-electron chi connectivity index (χ4n) is 2.19. The molecule has 1 N–H and O–H groups in total. The minimum absolute atomic E-state index is 0.154. The second-order valence-electron chi connectivity index (χ2n) is 5.63. The van der Waals surface area contributed by atoms with Crippen molar-refractivity contribution in [1.29, 1.82) is 0 Å². The molecule has 0 saturated heterocycles. The first-order valence-corrected chi connectivity index (χ1v) is 7.77. The van der Waals surface area contributed by atoms with Crippen LogP contribution in [0.1, 0.15) is 39.5 Å². The standard InChI is InChI=1S/C16H22BrNO2/c1-5-19-16(3,4)10-18-11(2)15-9-12-8-13(17)6-7-14(12)20-15/h6-9,11,18H,5,10H2,1-4H3. The Kier molecular flexibility index (Phi) is 4.89. The van der Waals surface area contributed by atoms with Crippen LogP contribution < -0.4 is 5.32 Å². The third kappa shape index (κ3) is 3.84. The summed E-state index contributed by atoms with van der Waals surface area (Å²) in [5, 5.41) is 4.59. The molecule has 110 valence electrons. The fourth-order valence-corrected chi connectivity index (χ4v) is 2.57. The Morgan fingerprint density at radius 3 is 2.80 bits per heavy atom. The van der Waals surface area contributed by atoms with Crippen molar-refractivity contribution in [3.8, 4) is 0 Å². The Labute approximate surface area is 128 Å². The monoisotopic (exact) mass is 339 g/mol. The minimum Gasteiger partial charge on any atom is -0.459 e. The van der Waals surface area contributed by atoms with Gasteiger partial charge in [-0.1, -0.05) is 15.9 Å². The first kappa shape index (κ1) is 15.5. The number of hydrogen-bond acceptors (Lipinski definition) is 3. The van der Waals surface area contributed by atoms with Gasteiger partial charge in [0.1, 0.15) is 11.3 Å². The van der Waals surface area contributed by atoms with Gasteiger partial charge in [0.25, 0.3) is 0 Å². The molecule has 0 fully saturated rings. The van der Waals surface area contributed by atoms with Crippen LogP contribution in [0.2, 0.25) is 0 Å². The van der Waals surface area contributed by atoms with Gasteiger partial charge in [0.2, 0.25) is 0 Å². The molecule has 0 spiro atoms. The highest BCUT2D eigenvalue weighted by atomic mass is 79.9. The van der Waals surface area contributed by atoms with Crippen molar-refractivity contribution in [2.24, 2.45) is 0 Å². The lowest BCUT2D eigenvalue weighted by atomic mass is 10.1. The number of halogens is 1. The van der Waals surface area contributed by atoms with E-state index in [9.17, 15) is 0 Å². The fraction of sp³-hybridized carbons (Fsp3) is 0.500. The summed E-state index contributed by atoms with van der Waals surface area (Å²) in [5.41, 5.74) is 0.749. The lowest BCUT2D eigenvalue weighted by Crippen LogP contribution is -2.38. The van der Waals surface area contributed by atoms with Gasteiger partial charge in [-0.15, -0.1) is 0 Å². The zero-order valence-electron chi connectivity index (χ0n) is 12.5. The molecule has 3 nitrogen and oxygen atoms in total. The average molecular weight is 340 g/mol. The van der Waals surface area contributed by atoms with Crippen molar-refractivity contribution in [2.75, 3.05) is 13.2 Å². The average Bonchev–Trinajstić information content (AvgIpc) is 2.79. The first-order valence-electron chi connectivity index (χ1n) is 6.97. The van der Waals surface area contributed by atoms with E-state index in [4.69, 9.17) is 9.15 Å². The Morgan fingerprint density at radius 1 is 1.35 bits per heavy atom. The van der Waals surface area contributed by atoms with E-state index >= 15 is 0 Å². The van der Waals surface area contributed by atoms with Crippen molar-refractivity contribution in [2.45, 2.75) is 39.3 Å². The lowest BCUT2D eigenvalue weighted by Gasteiger charge is -2.26. The van der Waals surface area contributed by atoms with E-state index in [0.717, 1.165) is 34.4 Å². The predicted octanol–water partition coefficient (Wildman–Crippen LogP) is 4.66. The summed E-state index contributed by atoms with van der Waals surface area (Å²) < 4.78 is 12.6. The number of rotatable bonds is 6. The number of nitrogens with one attached hydrogen (secondary N) is 1. The van der Waals surface area contributed by atoms with Crippen molar-refractivity contribution < 1.29 is 9.15 Å². The molecule has 0 amide bonds. The van der Waals surface area contributed by atoms with Crippen molar-refractivity contribution in [3.05, 3.63) is 34.5 Å². The highest BCUT2D eigenvalue weighted by Crippen LogP contribution is 2.26. The van der Waals surface area contributed by atoms with Gasteiger partial charge in [-0.3, -0.25) is 0 Å². The minimum atomic E-state index is -0.169. The molecular formula is C16H22BrNO2. The van der Waals surface area contributed by atoms with Crippen LogP contribution in [0, 0.1) is 0 Å². The Bertz CT molecular complexity index is 577. The third-order valence-corrected chi connectivity index (χ3v) is 3.79. The van der Waals surface area contributed by atoms with Crippen LogP contribution in [-0.2, 0) is 4.74 Å². The zero-order chi connectivity index (χ0) is 14.8. The molecule has 0 radical (unpaired) electrons. The number of fused-ring (bicyclic) bond motifs is 1. The summed E-state index contributed by atoms with van der Waals surface area (Å²) in [4.78, 5) is 0. The molecule has 0 aliphatic rings. The number of ether oxygens (including phenoxy) is 1. The van der Waals surface area contributed by atoms with E-state index in [0.29, 0.717) is 0 Å². The molecule has 1 aromatic heterocycles. The van der Waals surface area contributed by atoms with E-state index in [2.05, 4.69) is 54.2 Å². The van der Waals surface area contributed by atoms with Crippen LogP contribution in [0.15, 0.2) is 33.2 Å². The van der Waals surface area contributed by atoms with E-state index in [-0.39, 0.29) is 11.6 Å². The second kappa shape index (κ2) is 6.29. The topological polar surface area (TPSA) is 34.4 Å². The molecule has 20 heavy (non-hydrogen) atoms. The maximum absolute atomic E-state index is 5.89. The molecule has 2 rings (SSSR count). The van der Waals surface area contributed by atoms with Crippen molar-refractivity contribution >= 4 is 26.9 Å². The number of benzene rings is 1. The van der Waals surface area contributed by atoms with Crippen LogP contribution in [-0.4, -0.2) is 18.8 Å². The van der Waals surface area contributed by atoms with Gasteiger partial charge in [-0.05, 0) is 52.0 Å². The molecule has 0 aliphatic heterocycles. The Morgan fingerprint density at radius 2 is 2.10 bits per heavy atom. The van der Waals surface area contributed by atoms with E-state index < -0.39 is 0 Å². The van der Waals surface area contributed by atoms with Gasteiger partial charge in [-0.2, -0.15) is 0 Å². The summed E-state index contributed by atoms with van der Waals surface area (Å²) >= 11 is 3.48. The molecule has 0 saturated carbocycles. The zero-order valence-corrected chi connectivity index (χ0v) is 14.1. The van der Waals surface area contributed by atoms with Crippen LogP contribution in [0.5, 0.6) is 0 Å². The maximum atomic E-state index is 5.89. The highest BCUT2D eigenvalue weighted by Gasteiger charge is 2.20. The quantitative estimate of drug-likeness (QED) is 0.830. The molecule has 0 bridgehead atoms. The summed E-state index contributed by atoms with van der Waals surface area (Å²) in [6.07, 6.45) is 0. The predicted molar refractivity (Wildman–Crippen MR) is 86.0 cm³/mol. The number of hydrogen-bond donors (Lipinski definition) is 1. The molecular weight excluding hydrogens is 318 g/mol. The van der Waals surface area contributed by atoms with Gasteiger partial charge in [0.05, 0.1) is 11.6 Å². The van der Waals surface area contributed by atoms with Crippen LogP contribution in [0.3, 0.4) is 0 Å². The van der Waals surface area contributed by atoms with Crippen LogP contribution in [0.4, 0.5) is 0 Å². The van der Waals surface area contributed by atoms with E-state index in [1.54, 1.807) is 0 Å². The molecule has 1 aromatic carbocycles. The SMILES string of the molecule is CCOC(C)(C)CNC(C)c1cc2cc(Br)ccc2o1. The van der Waals surface area contributed by atoms with Crippen molar-refractivity contribution in [1.82, 2.24) is 5.32 Å². The van der Waals surface area contributed by atoms with Gasteiger partial charge in [0.15, 0.2) is 0 Å². The van der Waals surface area contributed by atoms with Crippen LogP contribution >= 0.6 is 15.9 Å². The second-order valence-corrected chi connectivity index (χ2v) is 6.54. The molecule has 4 heteroatoms. The third-order valence-electron chi connectivity index (χ3n) is 3.29. The van der Waals surface area contributed by atoms with Gasteiger partial charge < -0.3 is 14.5 Å². The van der Waals surface area contributed by atoms with Gasteiger partial charge in [0, 0.05) is 23.0 Å². The highest BCUT2D eigenvalue weighted by molar-refractivity contribution is 9.10. The summed E-state index contributed by atoms with van der Waals surface area (Å²) in [6.45, 7) is 9.81. The Balaban J connectivity index is 2.05. The Hall–Kier alpha value is -0.840. The summed E-state index contributed by atoms with van der Waals surface area (Å²) in [5.74, 6) is 0.949. The molecule has 0 aliphatic carbocycles. The van der Waals surface area contributed by atoms with E-state index in [1.165, 1.54) is 0 Å². The molecule has 1 atom stereocenters. The van der Waals surface area contributed by atoms with Gasteiger partial charge in [-0.25, -0.2) is 0 Å². The van der Waals surface area contributed by atoms with Crippen LogP contribution in [0.25, 0.3) is 11.0 Å². The summed E-state index contributed by atoms with van der Waals surface area (Å²) in [6, 6.07) is 8.29. The lowest BCUT2D eigenvalue weighted by molar-refractivity contribution is -0.0106. The maximum Gasteiger partial charge on any atom is 0.134 e. The molecule has 1 unspecified atom stereocenters. The first-order chi connectivity index (χ1) is 9.41. The molecule has 2 aromatic rings. The van der Waals surface area contributed by atoms with Crippen molar-refractivity contribution in [3.63, 3.8) is 0 Å². The smallest absolute Gasteiger partial charge is 0.134 e.